The Bertz CT molecular complexity index is 462. The summed E-state index contributed by atoms with van der Waals surface area (Å²) >= 11 is 0. The van der Waals surface area contributed by atoms with E-state index in [2.05, 4.69) is 0 Å². The molecule has 1 heterocycles. The number of aliphatic hydroxyl groups is 1. The first-order chi connectivity index (χ1) is 7.09. The first kappa shape index (κ1) is 12.6. The highest BCUT2D eigenvalue weighted by atomic mass is 19.4. The smallest absolute Gasteiger partial charge is 0.422 e. The summed E-state index contributed by atoms with van der Waals surface area (Å²) in [5, 5.41) is 18.6. The number of nitrogens with zero attached hydrogens (tertiary/aromatic N) is 1. The molecular formula is C9H10F3NO3. The average molecular weight is 237 g/mol. The van der Waals surface area contributed by atoms with Crippen molar-refractivity contribution >= 4 is 0 Å². The van der Waals surface area contributed by atoms with Gasteiger partial charge in [-0.05, 0) is 6.92 Å². The number of rotatable bonds is 1. The molecule has 0 radical (unpaired) electrons. The molecule has 0 fully saturated rings. The maximum atomic E-state index is 12.5. The summed E-state index contributed by atoms with van der Waals surface area (Å²) in [5.41, 5.74) is -5.14. The largest absolute Gasteiger partial charge is 0.503 e. The lowest BCUT2D eigenvalue weighted by atomic mass is 9.99. The number of pyridine rings is 1. The third-order valence-corrected chi connectivity index (χ3v) is 2.27. The summed E-state index contributed by atoms with van der Waals surface area (Å²) in [6.07, 6.45) is -3.95. The number of hydrogen-bond acceptors (Lipinski definition) is 3. The number of halogens is 3. The van der Waals surface area contributed by atoms with Crippen molar-refractivity contribution in [2.75, 3.05) is 0 Å². The first-order valence-electron chi connectivity index (χ1n) is 4.27. The van der Waals surface area contributed by atoms with Crippen LogP contribution in [0.5, 0.6) is 5.75 Å². The molecule has 0 aliphatic heterocycles. The monoisotopic (exact) mass is 237 g/mol. The SMILES string of the molecule is Cn1ccc(=O)c(O)c1C(C)(O)C(F)(F)F. The van der Waals surface area contributed by atoms with Gasteiger partial charge in [0, 0.05) is 19.3 Å². The Hall–Kier alpha value is -1.50. The minimum Gasteiger partial charge on any atom is -0.503 e. The summed E-state index contributed by atoms with van der Waals surface area (Å²) in [7, 11) is 1.19. The van der Waals surface area contributed by atoms with Crippen LogP contribution < -0.4 is 5.43 Å². The topological polar surface area (TPSA) is 62.5 Å². The zero-order valence-electron chi connectivity index (χ0n) is 8.54. The summed E-state index contributed by atoms with van der Waals surface area (Å²) in [6, 6.07) is 0.908. The van der Waals surface area contributed by atoms with Gasteiger partial charge < -0.3 is 14.8 Å². The molecule has 0 spiro atoms. The summed E-state index contributed by atoms with van der Waals surface area (Å²) in [4.78, 5) is 11.0. The fourth-order valence-corrected chi connectivity index (χ4v) is 1.32. The number of aromatic nitrogens is 1. The third-order valence-electron chi connectivity index (χ3n) is 2.27. The molecule has 4 nitrogen and oxygen atoms in total. The lowest BCUT2D eigenvalue weighted by Crippen LogP contribution is -2.42. The van der Waals surface area contributed by atoms with Crippen molar-refractivity contribution in [3.63, 3.8) is 0 Å². The minimum atomic E-state index is -4.99. The van der Waals surface area contributed by atoms with Gasteiger partial charge in [0.2, 0.25) is 11.0 Å². The van der Waals surface area contributed by atoms with E-state index in [0.717, 1.165) is 16.8 Å². The number of hydrogen-bond donors (Lipinski definition) is 2. The van der Waals surface area contributed by atoms with Crippen molar-refractivity contribution in [1.29, 1.82) is 0 Å². The standard InChI is InChI=1S/C9H10F3NO3/c1-8(16,9(10,11)12)7-6(15)5(14)3-4-13(7)2/h3-4,15-16H,1-2H3. The van der Waals surface area contributed by atoms with E-state index in [-0.39, 0.29) is 0 Å². The molecule has 0 saturated carbocycles. The van der Waals surface area contributed by atoms with E-state index in [1.54, 1.807) is 0 Å². The second-order valence-corrected chi connectivity index (χ2v) is 3.56. The van der Waals surface area contributed by atoms with Gasteiger partial charge in [-0.25, -0.2) is 0 Å². The van der Waals surface area contributed by atoms with Crippen LogP contribution in [0.15, 0.2) is 17.1 Å². The highest BCUT2D eigenvalue weighted by Gasteiger charge is 2.54. The van der Waals surface area contributed by atoms with Gasteiger partial charge in [-0.2, -0.15) is 13.2 Å². The molecule has 1 atom stereocenters. The minimum absolute atomic E-state index is 0.474. The van der Waals surface area contributed by atoms with Gasteiger partial charge in [-0.3, -0.25) is 4.79 Å². The van der Waals surface area contributed by atoms with Crippen LogP contribution in [0.25, 0.3) is 0 Å². The van der Waals surface area contributed by atoms with E-state index in [1.165, 1.54) is 7.05 Å². The van der Waals surface area contributed by atoms with Crippen LogP contribution >= 0.6 is 0 Å². The Morgan fingerprint density at radius 2 is 1.88 bits per heavy atom. The van der Waals surface area contributed by atoms with Crippen molar-refractivity contribution < 1.29 is 23.4 Å². The molecular weight excluding hydrogens is 227 g/mol. The van der Waals surface area contributed by atoms with Crippen LogP contribution in [-0.4, -0.2) is 21.0 Å². The van der Waals surface area contributed by atoms with Gasteiger partial charge in [0.05, 0.1) is 0 Å². The molecule has 0 aliphatic carbocycles. The molecule has 0 bridgehead atoms. The predicted octanol–water partition coefficient (Wildman–Crippen LogP) is 0.861. The molecule has 0 saturated heterocycles. The molecule has 1 aromatic heterocycles. The first-order valence-corrected chi connectivity index (χ1v) is 4.27. The Morgan fingerprint density at radius 3 is 2.31 bits per heavy atom. The molecule has 0 amide bonds. The van der Waals surface area contributed by atoms with Gasteiger partial charge in [-0.15, -0.1) is 0 Å². The highest BCUT2D eigenvalue weighted by Crippen LogP contribution is 2.40. The Morgan fingerprint density at radius 1 is 1.38 bits per heavy atom. The molecule has 2 N–H and O–H groups in total. The Labute approximate surface area is 88.6 Å². The van der Waals surface area contributed by atoms with E-state index in [0.29, 0.717) is 6.92 Å². The zero-order chi connectivity index (χ0) is 12.7. The van der Waals surface area contributed by atoms with Gasteiger partial charge >= 0.3 is 6.18 Å². The number of alkyl halides is 3. The van der Waals surface area contributed by atoms with Crippen LogP contribution in [0.1, 0.15) is 12.6 Å². The normalized spacial score (nSPS) is 15.9. The van der Waals surface area contributed by atoms with Crippen molar-refractivity contribution in [2.24, 2.45) is 7.05 Å². The van der Waals surface area contributed by atoms with Crippen LogP contribution in [0.4, 0.5) is 13.2 Å². The van der Waals surface area contributed by atoms with E-state index >= 15 is 0 Å². The second-order valence-electron chi connectivity index (χ2n) is 3.56. The van der Waals surface area contributed by atoms with Crippen LogP contribution in [0.2, 0.25) is 0 Å². The average Bonchev–Trinajstić information content (AvgIpc) is 2.10. The van der Waals surface area contributed by atoms with Crippen molar-refractivity contribution in [3.8, 4) is 5.75 Å². The Kier molecular flexibility index (Phi) is 2.76. The van der Waals surface area contributed by atoms with E-state index < -0.39 is 28.6 Å². The van der Waals surface area contributed by atoms with Gasteiger partial charge in [0.25, 0.3) is 0 Å². The van der Waals surface area contributed by atoms with Crippen LogP contribution in [0.3, 0.4) is 0 Å². The zero-order valence-corrected chi connectivity index (χ0v) is 8.54. The van der Waals surface area contributed by atoms with Crippen LogP contribution in [-0.2, 0) is 12.6 Å². The fourth-order valence-electron chi connectivity index (χ4n) is 1.32. The highest BCUT2D eigenvalue weighted by molar-refractivity contribution is 5.32. The summed E-state index contributed by atoms with van der Waals surface area (Å²) in [5.74, 6) is -1.10. The van der Waals surface area contributed by atoms with Crippen molar-refractivity contribution in [3.05, 3.63) is 28.2 Å². The molecule has 7 heteroatoms. The molecule has 0 aliphatic rings. The predicted molar refractivity (Wildman–Crippen MR) is 49.0 cm³/mol. The third kappa shape index (κ3) is 1.78. The quantitative estimate of drug-likeness (QED) is 0.761. The maximum absolute atomic E-state index is 12.5. The summed E-state index contributed by atoms with van der Waals surface area (Å²) in [6.45, 7) is 0.474. The number of aromatic hydroxyl groups is 1. The van der Waals surface area contributed by atoms with E-state index in [1.807, 2.05) is 0 Å². The number of aryl methyl sites for hydroxylation is 1. The van der Waals surface area contributed by atoms with Gasteiger partial charge in [0.15, 0.2) is 5.75 Å². The van der Waals surface area contributed by atoms with Crippen molar-refractivity contribution in [1.82, 2.24) is 4.57 Å². The Balaban J connectivity index is 3.56. The fraction of sp³-hybridized carbons (Fsp3) is 0.444. The maximum Gasteiger partial charge on any atom is 0.422 e. The second kappa shape index (κ2) is 3.51. The lowest BCUT2D eigenvalue weighted by Gasteiger charge is -2.28. The van der Waals surface area contributed by atoms with E-state index in [4.69, 9.17) is 0 Å². The van der Waals surface area contributed by atoms with Gasteiger partial charge in [0.1, 0.15) is 5.69 Å². The molecule has 16 heavy (non-hydrogen) atoms. The molecule has 1 aromatic rings. The van der Waals surface area contributed by atoms with Crippen LogP contribution in [0, 0.1) is 0 Å². The molecule has 1 unspecified atom stereocenters. The van der Waals surface area contributed by atoms with Crippen molar-refractivity contribution in [2.45, 2.75) is 18.7 Å². The van der Waals surface area contributed by atoms with Gasteiger partial charge in [-0.1, -0.05) is 0 Å². The molecule has 90 valence electrons. The molecule has 1 rings (SSSR count). The molecule has 0 aromatic carbocycles. The van der Waals surface area contributed by atoms with E-state index in [9.17, 15) is 28.2 Å². The lowest BCUT2D eigenvalue weighted by molar-refractivity contribution is -0.261. The summed E-state index contributed by atoms with van der Waals surface area (Å²) < 4.78 is 38.5.